The molecule has 1 amide bonds. The zero-order valence-electron chi connectivity index (χ0n) is 13.6. The van der Waals surface area contributed by atoms with Crippen molar-refractivity contribution in [2.75, 3.05) is 24.3 Å². The molecule has 2 aromatic carbocycles. The zero-order chi connectivity index (χ0) is 18.4. The number of benzene rings is 2. The van der Waals surface area contributed by atoms with E-state index in [0.717, 1.165) is 5.56 Å². The van der Waals surface area contributed by atoms with Gasteiger partial charge in [0.1, 0.15) is 5.75 Å². The number of aryl methyl sites for hydroxylation is 1. The predicted molar refractivity (Wildman–Crippen MR) is 98.2 cm³/mol. The summed E-state index contributed by atoms with van der Waals surface area (Å²) in [6, 6.07) is 9.70. The van der Waals surface area contributed by atoms with E-state index in [1.807, 2.05) is 6.92 Å². The van der Waals surface area contributed by atoms with Gasteiger partial charge < -0.3 is 15.4 Å². The highest BCUT2D eigenvalue weighted by molar-refractivity contribution is 7.99. The highest BCUT2D eigenvalue weighted by Crippen LogP contribution is 2.31. The Hall–Kier alpha value is -1.99. The van der Waals surface area contributed by atoms with E-state index in [1.54, 1.807) is 24.3 Å². The van der Waals surface area contributed by atoms with Gasteiger partial charge in [-0.15, -0.1) is 0 Å². The van der Waals surface area contributed by atoms with E-state index in [-0.39, 0.29) is 12.5 Å². The Morgan fingerprint density at radius 1 is 1.28 bits per heavy atom. The number of rotatable bonds is 7. The number of methoxy groups -OCH3 is 1. The fourth-order valence-corrected chi connectivity index (χ4v) is 2.72. The lowest BCUT2D eigenvalue weighted by Gasteiger charge is -2.13. The van der Waals surface area contributed by atoms with Gasteiger partial charge in [-0.05, 0) is 42.8 Å². The van der Waals surface area contributed by atoms with Crippen molar-refractivity contribution in [2.24, 2.45) is 0 Å². The second kappa shape index (κ2) is 8.92. The zero-order valence-corrected chi connectivity index (χ0v) is 15.2. The Balaban J connectivity index is 1.94. The first-order valence-electron chi connectivity index (χ1n) is 7.31. The maximum Gasteiger partial charge on any atom is 0.288 e. The molecule has 0 aliphatic carbocycles. The molecule has 0 radical (unpaired) electrons. The summed E-state index contributed by atoms with van der Waals surface area (Å²) in [6.45, 7) is 1.87. The molecule has 8 heteroatoms. The number of halogens is 3. The van der Waals surface area contributed by atoms with Crippen LogP contribution in [0.1, 0.15) is 5.56 Å². The topological polar surface area (TPSA) is 50.4 Å². The van der Waals surface area contributed by atoms with Gasteiger partial charge in [0.2, 0.25) is 5.91 Å². The van der Waals surface area contributed by atoms with Crippen LogP contribution >= 0.6 is 23.4 Å². The average Bonchev–Trinajstić information content (AvgIpc) is 2.57. The smallest absolute Gasteiger partial charge is 0.288 e. The van der Waals surface area contributed by atoms with Gasteiger partial charge in [-0.25, -0.2) is 0 Å². The second-order valence-electron chi connectivity index (χ2n) is 5.11. The summed E-state index contributed by atoms with van der Waals surface area (Å²) >= 11 is 6.50. The summed E-state index contributed by atoms with van der Waals surface area (Å²) in [4.78, 5) is 12.5. The maximum atomic E-state index is 12.3. The number of alkyl halides is 2. The van der Waals surface area contributed by atoms with Crippen molar-refractivity contribution in [1.29, 1.82) is 0 Å². The van der Waals surface area contributed by atoms with Gasteiger partial charge in [-0.3, -0.25) is 4.79 Å². The van der Waals surface area contributed by atoms with Gasteiger partial charge in [-0.1, -0.05) is 23.4 Å². The predicted octanol–water partition coefficient (Wildman–Crippen LogP) is 5.02. The van der Waals surface area contributed by atoms with Crippen LogP contribution in [0.25, 0.3) is 0 Å². The number of nitrogens with one attached hydrogen (secondary N) is 2. The maximum absolute atomic E-state index is 12.3. The molecule has 2 aromatic rings. The van der Waals surface area contributed by atoms with Crippen molar-refractivity contribution in [2.45, 2.75) is 17.6 Å². The number of hydrogen-bond donors (Lipinski definition) is 2. The molecule has 0 bridgehead atoms. The highest BCUT2D eigenvalue weighted by atomic mass is 35.5. The Kier molecular flexibility index (Phi) is 6.90. The molecule has 0 saturated carbocycles. The minimum absolute atomic E-state index is 0.0188. The Morgan fingerprint density at radius 3 is 2.56 bits per heavy atom. The van der Waals surface area contributed by atoms with Gasteiger partial charge in [0.05, 0.1) is 19.3 Å². The van der Waals surface area contributed by atoms with Gasteiger partial charge in [0.15, 0.2) is 0 Å². The molecule has 0 aromatic heterocycles. The lowest BCUT2D eigenvalue weighted by Crippen LogP contribution is -2.22. The van der Waals surface area contributed by atoms with Gasteiger partial charge >= 0.3 is 0 Å². The Bertz CT molecular complexity index is 742. The molecule has 0 fully saturated rings. The van der Waals surface area contributed by atoms with E-state index >= 15 is 0 Å². The molecule has 0 atom stereocenters. The third-order valence-corrected chi connectivity index (χ3v) is 4.41. The molecule has 134 valence electrons. The molecule has 0 spiro atoms. The molecule has 2 rings (SSSR count). The van der Waals surface area contributed by atoms with Gasteiger partial charge in [-0.2, -0.15) is 8.78 Å². The van der Waals surface area contributed by atoms with Crippen LogP contribution < -0.4 is 15.4 Å². The first kappa shape index (κ1) is 19.3. The first-order chi connectivity index (χ1) is 11.9. The van der Waals surface area contributed by atoms with E-state index in [0.29, 0.717) is 38.8 Å². The molecule has 0 saturated heterocycles. The first-order valence-corrected chi connectivity index (χ1v) is 8.57. The number of thioether (sulfide) groups is 1. The van der Waals surface area contributed by atoms with Gasteiger partial charge in [0.25, 0.3) is 5.76 Å². The fraction of sp³-hybridized carbons (Fsp3) is 0.235. The fourth-order valence-electron chi connectivity index (χ4n) is 2.07. The molecule has 4 nitrogen and oxygen atoms in total. The van der Waals surface area contributed by atoms with Crippen LogP contribution in [0.2, 0.25) is 5.02 Å². The van der Waals surface area contributed by atoms with Crippen molar-refractivity contribution >= 4 is 40.6 Å². The third kappa shape index (κ3) is 5.79. The summed E-state index contributed by atoms with van der Waals surface area (Å²) in [5.74, 6) is -2.21. The van der Waals surface area contributed by atoms with Crippen LogP contribution in [0, 0.1) is 6.92 Å². The lowest BCUT2D eigenvalue weighted by molar-refractivity contribution is -0.114. The normalized spacial score (nSPS) is 10.6. The van der Waals surface area contributed by atoms with E-state index < -0.39 is 5.76 Å². The highest BCUT2D eigenvalue weighted by Gasteiger charge is 2.09. The standard InChI is InChI=1S/C17H17ClF2N2O2S/c1-10-7-14(15(24-2)8-13(10)18)21-9-16(23)22-11-3-5-12(6-4-11)25-17(19)20/h3-8,17,21H,9H2,1-2H3,(H,22,23). The second-order valence-corrected chi connectivity index (χ2v) is 6.58. The SMILES string of the molecule is COc1cc(Cl)c(C)cc1NCC(=O)Nc1ccc(SC(F)F)cc1. The molecule has 0 heterocycles. The minimum atomic E-state index is -2.47. The van der Waals surface area contributed by atoms with Crippen LogP contribution in [0.3, 0.4) is 0 Å². The molecule has 0 unspecified atom stereocenters. The van der Waals surface area contributed by atoms with E-state index in [2.05, 4.69) is 10.6 Å². The largest absolute Gasteiger partial charge is 0.495 e. The number of amides is 1. The number of carbonyl (C=O) groups excluding carboxylic acids is 1. The van der Waals surface area contributed by atoms with Crippen molar-refractivity contribution in [3.63, 3.8) is 0 Å². The lowest BCUT2D eigenvalue weighted by atomic mass is 10.2. The van der Waals surface area contributed by atoms with Crippen LogP contribution in [-0.4, -0.2) is 25.3 Å². The van der Waals surface area contributed by atoms with Crippen LogP contribution in [0.4, 0.5) is 20.2 Å². The molecule has 25 heavy (non-hydrogen) atoms. The Labute approximate surface area is 153 Å². The summed E-state index contributed by atoms with van der Waals surface area (Å²) < 4.78 is 29.8. The number of hydrogen-bond acceptors (Lipinski definition) is 4. The van der Waals surface area contributed by atoms with Crippen molar-refractivity contribution < 1.29 is 18.3 Å². The van der Waals surface area contributed by atoms with Crippen molar-refractivity contribution in [3.05, 3.63) is 47.0 Å². The van der Waals surface area contributed by atoms with E-state index in [9.17, 15) is 13.6 Å². The summed E-state index contributed by atoms with van der Waals surface area (Å²) in [5.41, 5.74) is 2.05. The number of carbonyl (C=O) groups is 1. The molecule has 2 N–H and O–H groups in total. The summed E-state index contributed by atoms with van der Waals surface area (Å²) in [5, 5.41) is 6.26. The quantitative estimate of drug-likeness (QED) is 0.656. The number of ether oxygens (including phenoxy) is 1. The monoisotopic (exact) mass is 386 g/mol. The Morgan fingerprint density at radius 2 is 1.96 bits per heavy atom. The van der Waals surface area contributed by atoms with E-state index in [1.165, 1.54) is 19.2 Å². The van der Waals surface area contributed by atoms with Crippen LogP contribution in [0.15, 0.2) is 41.3 Å². The molecule has 0 aliphatic rings. The van der Waals surface area contributed by atoms with Crippen molar-refractivity contribution in [1.82, 2.24) is 0 Å². The third-order valence-electron chi connectivity index (χ3n) is 3.28. The van der Waals surface area contributed by atoms with E-state index in [4.69, 9.17) is 16.3 Å². The number of anilines is 2. The van der Waals surface area contributed by atoms with Crippen LogP contribution in [0.5, 0.6) is 5.75 Å². The summed E-state index contributed by atoms with van der Waals surface area (Å²) in [6.07, 6.45) is 0. The summed E-state index contributed by atoms with van der Waals surface area (Å²) in [7, 11) is 1.52. The molecular weight excluding hydrogens is 370 g/mol. The van der Waals surface area contributed by atoms with Crippen LogP contribution in [-0.2, 0) is 4.79 Å². The molecule has 0 aliphatic heterocycles. The van der Waals surface area contributed by atoms with Crippen molar-refractivity contribution in [3.8, 4) is 5.75 Å². The van der Waals surface area contributed by atoms with Gasteiger partial charge in [0, 0.05) is 21.7 Å². The minimum Gasteiger partial charge on any atom is -0.495 e. The average molecular weight is 387 g/mol. The molecular formula is C17H17ClF2N2O2S.